The molecule has 2 fully saturated rings. The zero-order chi connectivity index (χ0) is 17.7. The summed E-state index contributed by atoms with van der Waals surface area (Å²) >= 11 is 0. The Kier molecular flexibility index (Phi) is 6.02. The van der Waals surface area contributed by atoms with Crippen LogP contribution >= 0.6 is 0 Å². The first-order valence-corrected chi connectivity index (χ1v) is 9.50. The number of likely N-dealkylation sites (tertiary alicyclic amines) is 2. The van der Waals surface area contributed by atoms with Crippen LogP contribution < -0.4 is 0 Å². The number of piperidine rings is 1. The first kappa shape index (κ1) is 18.3. The third-order valence-electron chi connectivity index (χ3n) is 5.68. The molecule has 138 valence electrons. The molecule has 0 radical (unpaired) electrons. The Morgan fingerprint density at radius 2 is 1.92 bits per heavy atom. The van der Waals surface area contributed by atoms with Gasteiger partial charge in [0.15, 0.2) is 0 Å². The molecule has 2 saturated heterocycles. The molecule has 3 heterocycles. The van der Waals surface area contributed by atoms with Gasteiger partial charge in [-0.15, -0.1) is 0 Å². The summed E-state index contributed by atoms with van der Waals surface area (Å²) < 4.78 is 0. The lowest BCUT2D eigenvalue weighted by Gasteiger charge is -2.37. The number of aliphatic hydroxyl groups is 1. The molecule has 1 atom stereocenters. The molecule has 1 unspecified atom stereocenters. The van der Waals surface area contributed by atoms with Crippen LogP contribution in [0.4, 0.5) is 0 Å². The molecule has 6 heteroatoms. The van der Waals surface area contributed by atoms with E-state index in [9.17, 15) is 9.90 Å². The smallest absolute Gasteiger partial charge is 0.219 e. The van der Waals surface area contributed by atoms with Crippen LogP contribution in [-0.4, -0.2) is 69.1 Å². The second-order valence-electron chi connectivity index (χ2n) is 7.67. The molecule has 2 aliphatic heterocycles. The van der Waals surface area contributed by atoms with Gasteiger partial charge in [-0.2, -0.15) is 0 Å². The van der Waals surface area contributed by atoms with Crippen LogP contribution in [0.25, 0.3) is 0 Å². The van der Waals surface area contributed by atoms with Crippen LogP contribution in [0.1, 0.15) is 44.9 Å². The first-order valence-electron chi connectivity index (χ1n) is 9.50. The summed E-state index contributed by atoms with van der Waals surface area (Å²) in [4.78, 5) is 24.5. The molecule has 1 aromatic rings. The van der Waals surface area contributed by atoms with Gasteiger partial charge >= 0.3 is 0 Å². The Morgan fingerprint density at radius 3 is 2.60 bits per heavy atom. The minimum Gasteiger partial charge on any atom is -0.388 e. The topological polar surface area (TPSA) is 69.6 Å². The molecule has 3 rings (SSSR count). The predicted molar refractivity (Wildman–Crippen MR) is 96.0 cm³/mol. The third kappa shape index (κ3) is 5.22. The second-order valence-corrected chi connectivity index (χ2v) is 7.67. The average Bonchev–Trinajstić information content (AvgIpc) is 2.80. The van der Waals surface area contributed by atoms with Gasteiger partial charge in [0.1, 0.15) is 5.82 Å². The summed E-state index contributed by atoms with van der Waals surface area (Å²) in [6.07, 6.45) is 9.19. The molecule has 0 spiro atoms. The number of amides is 1. The number of carbonyl (C=O) groups is 1. The number of aromatic nitrogens is 2. The highest BCUT2D eigenvalue weighted by molar-refractivity contribution is 5.73. The van der Waals surface area contributed by atoms with Gasteiger partial charge in [0.05, 0.1) is 5.60 Å². The van der Waals surface area contributed by atoms with Crippen LogP contribution in [0, 0.1) is 5.92 Å². The van der Waals surface area contributed by atoms with Crippen LogP contribution in [0.5, 0.6) is 0 Å². The molecule has 0 aromatic carbocycles. The first-order chi connectivity index (χ1) is 12.0. The van der Waals surface area contributed by atoms with E-state index in [-0.39, 0.29) is 5.91 Å². The summed E-state index contributed by atoms with van der Waals surface area (Å²) in [5.74, 6) is 1.69. The normalized spacial score (nSPS) is 26.4. The van der Waals surface area contributed by atoms with Crippen molar-refractivity contribution in [3.8, 4) is 0 Å². The Morgan fingerprint density at radius 1 is 1.20 bits per heavy atom. The van der Waals surface area contributed by atoms with E-state index in [0.29, 0.717) is 18.9 Å². The van der Waals surface area contributed by atoms with Crippen molar-refractivity contribution in [3.05, 3.63) is 24.3 Å². The largest absolute Gasteiger partial charge is 0.388 e. The molecule has 1 amide bonds. The zero-order valence-corrected chi connectivity index (χ0v) is 15.2. The van der Waals surface area contributed by atoms with E-state index in [4.69, 9.17) is 0 Å². The average molecular weight is 346 g/mol. The standard InChI is InChI=1S/C19H30N4O2/c1-16(24)23-10-2-6-19(25,7-13-23)15-22-11-4-17(5-12-22)14-18-20-8-3-9-21-18/h3,8-9,17,25H,2,4-7,10-15H2,1H3. The summed E-state index contributed by atoms with van der Waals surface area (Å²) in [6, 6.07) is 1.85. The monoisotopic (exact) mass is 346 g/mol. The van der Waals surface area contributed by atoms with Crippen LogP contribution in [-0.2, 0) is 11.2 Å². The number of β-amino-alcohol motifs (C(OH)–C–C–N with tert-alkyl or cyclic N) is 1. The van der Waals surface area contributed by atoms with Gasteiger partial charge in [-0.25, -0.2) is 9.97 Å². The zero-order valence-electron chi connectivity index (χ0n) is 15.2. The Hall–Kier alpha value is -1.53. The van der Waals surface area contributed by atoms with E-state index in [0.717, 1.165) is 64.1 Å². The Labute approximate surface area is 150 Å². The molecule has 0 bridgehead atoms. The van der Waals surface area contributed by atoms with Crippen molar-refractivity contribution in [2.24, 2.45) is 5.92 Å². The Balaban J connectivity index is 1.46. The highest BCUT2D eigenvalue weighted by Gasteiger charge is 2.34. The van der Waals surface area contributed by atoms with Gasteiger partial charge < -0.3 is 14.9 Å². The van der Waals surface area contributed by atoms with Gasteiger partial charge in [0, 0.05) is 45.4 Å². The fraction of sp³-hybridized carbons (Fsp3) is 0.737. The van der Waals surface area contributed by atoms with Crippen LogP contribution in [0.3, 0.4) is 0 Å². The van der Waals surface area contributed by atoms with Gasteiger partial charge in [0.2, 0.25) is 5.91 Å². The molecular weight excluding hydrogens is 316 g/mol. The highest BCUT2D eigenvalue weighted by Crippen LogP contribution is 2.27. The van der Waals surface area contributed by atoms with Crippen LogP contribution in [0.15, 0.2) is 18.5 Å². The molecule has 2 aliphatic rings. The van der Waals surface area contributed by atoms with Crippen molar-refractivity contribution >= 4 is 5.91 Å². The van der Waals surface area contributed by atoms with Crippen molar-refractivity contribution < 1.29 is 9.90 Å². The van der Waals surface area contributed by atoms with Gasteiger partial charge in [-0.3, -0.25) is 4.79 Å². The van der Waals surface area contributed by atoms with Crippen molar-refractivity contribution in [2.75, 3.05) is 32.7 Å². The molecule has 1 N–H and O–H groups in total. The SMILES string of the molecule is CC(=O)N1CCCC(O)(CN2CCC(Cc3ncccn3)CC2)CC1. The fourth-order valence-electron chi connectivity index (χ4n) is 4.11. The van der Waals surface area contributed by atoms with Gasteiger partial charge in [0.25, 0.3) is 0 Å². The minimum atomic E-state index is -0.653. The Bertz CT molecular complexity index is 560. The quantitative estimate of drug-likeness (QED) is 0.895. The maximum atomic E-state index is 11.6. The van der Waals surface area contributed by atoms with Crippen molar-refractivity contribution in [1.29, 1.82) is 0 Å². The predicted octanol–water partition coefficient (Wildman–Crippen LogP) is 1.49. The lowest BCUT2D eigenvalue weighted by atomic mass is 9.90. The van der Waals surface area contributed by atoms with E-state index in [1.165, 1.54) is 0 Å². The molecule has 0 saturated carbocycles. The second kappa shape index (κ2) is 8.23. The summed E-state index contributed by atoms with van der Waals surface area (Å²) in [7, 11) is 0. The molecule has 6 nitrogen and oxygen atoms in total. The fourth-order valence-corrected chi connectivity index (χ4v) is 4.11. The number of rotatable bonds is 4. The number of carbonyl (C=O) groups excluding carboxylic acids is 1. The van der Waals surface area contributed by atoms with E-state index in [1.807, 2.05) is 23.4 Å². The van der Waals surface area contributed by atoms with Crippen LogP contribution in [0.2, 0.25) is 0 Å². The lowest BCUT2D eigenvalue weighted by molar-refractivity contribution is -0.129. The van der Waals surface area contributed by atoms with Crippen molar-refractivity contribution in [2.45, 2.75) is 51.0 Å². The number of hydrogen-bond acceptors (Lipinski definition) is 5. The summed E-state index contributed by atoms with van der Waals surface area (Å²) in [5.41, 5.74) is -0.653. The van der Waals surface area contributed by atoms with E-state index >= 15 is 0 Å². The van der Waals surface area contributed by atoms with E-state index in [1.54, 1.807) is 6.92 Å². The maximum absolute atomic E-state index is 11.6. The lowest BCUT2D eigenvalue weighted by Crippen LogP contribution is -2.47. The van der Waals surface area contributed by atoms with E-state index < -0.39 is 5.60 Å². The molecule has 0 aliphatic carbocycles. The molecule has 25 heavy (non-hydrogen) atoms. The van der Waals surface area contributed by atoms with Gasteiger partial charge in [-0.1, -0.05) is 0 Å². The van der Waals surface area contributed by atoms with Crippen molar-refractivity contribution in [3.63, 3.8) is 0 Å². The summed E-state index contributed by atoms with van der Waals surface area (Å²) in [5, 5.41) is 11.0. The summed E-state index contributed by atoms with van der Waals surface area (Å²) in [6.45, 7) is 5.84. The third-order valence-corrected chi connectivity index (χ3v) is 5.68. The number of nitrogens with zero attached hydrogens (tertiary/aromatic N) is 4. The number of hydrogen-bond donors (Lipinski definition) is 1. The highest BCUT2D eigenvalue weighted by atomic mass is 16.3. The minimum absolute atomic E-state index is 0.119. The maximum Gasteiger partial charge on any atom is 0.219 e. The molecular formula is C19H30N4O2. The van der Waals surface area contributed by atoms with Gasteiger partial charge in [-0.05, 0) is 57.2 Å². The van der Waals surface area contributed by atoms with E-state index in [2.05, 4.69) is 14.9 Å². The van der Waals surface area contributed by atoms with Crippen molar-refractivity contribution in [1.82, 2.24) is 19.8 Å². The molecule has 1 aromatic heterocycles.